The smallest absolute Gasteiger partial charge is 0.163 e. The van der Waals surface area contributed by atoms with Gasteiger partial charge in [0.15, 0.2) is 5.79 Å². The first-order valence-electron chi connectivity index (χ1n) is 8.71. The highest BCUT2D eigenvalue weighted by Crippen LogP contribution is 2.29. The molecule has 0 radical (unpaired) electrons. The lowest BCUT2D eigenvalue weighted by atomic mass is 10.2. The molecule has 0 bridgehead atoms. The molecule has 0 N–H and O–H groups in total. The lowest BCUT2D eigenvalue weighted by molar-refractivity contribution is -0.154. The van der Waals surface area contributed by atoms with E-state index in [4.69, 9.17) is 18.9 Å². The minimum atomic E-state index is -0.610. The first-order chi connectivity index (χ1) is 12.1. The van der Waals surface area contributed by atoms with Crippen LogP contribution in [0.2, 0.25) is 0 Å². The van der Waals surface area contributed by atoms with Gasteiger partial charge in [0.2, 0.25) is 0 Å². The normalized spacial score (nSPS) is 22.2. The van der Waals surface area contributed by atoms with Gasteiger partial charge in [-0.3, -0.25) is 0 Å². The fourth-order valence-corrected chi connectivity index (χ4v) is 2.93. The minimum absolute atomic E-state index is 0.130. The summed E-state index contributed by atoms with van der Waals surface area (Å²) < 4.78 is 23.6. The van der Waals surface area contributed by atoms with E-state index in [2.05, 4.69) is 24.3 Å². The number of hydrogen-bond donors (Lipinski definition) is 0. The summed E-state index contributed by atoms with van der Waals surface area (Å²) in [7, 11) is 0. The SMILES string of the molecule is CC1(C)OC(COCc2ccccc2)[C@@H](COCc2ccccc2)O1. The Balaban J connectivity index is 1.46. The molecular formula is C21H26O4. The molecule has 1 aliphatic rings. The molecule has 3 rings (SSSR count). The van der Waals surface area contributed by atoms with Crippen molar-refractivity contribution in [3.05, 3.63) is 71.8 Å². The zero-order chi connectivity index (χ0) is 17.5. The van der Waals surface area contributed by atoms with E-state index in [9.17, 15) is 0 Å². The van der Waals surface area contributed by atoms with Crippen LogP contribution < -0.4 is 0 Å². The van der Waals surface area contributed by atoms with Crippen LogP contribution in [0.3, 0.4) is 0 Å². The zero-order valence-corrected chi connectivity index (χ0v) is 14.9. The second-order valence-electron chi connectivity index (χ2n) is 6.71. The van der Waals surface area contributed by atoms with Crippen molar-refractivity contribution < 1.29 is 18.9 Å². The van der Waals surface area contributed by atoms with Crippen LogP contribution in [-0.2, 0) is 32.2 Å². The quantitative estimate of drug-likeness (QED) is 0.728. The summed E-state index contributed by atoms with van der Waals surface area (Å²) in [5.41, 5.74) is 2.30. The molecular weight excluding hydrogens is 316 g/mol. The second kappa shape index (κ2) is 8.59. The van der Waals surface area contributed by atoms with Crippen molar-refractivity contribution in [2.24, 2.45) is 0 Å². The van der Waals surface area contributed by atoms with Crippen LogP contribution in [0.4, 0.5) is 0 Å². The Labute approximate surface area is 149 Å². The van der Waals surface area contributed by atoms with Crippen LogP contribution >= 0.6 is 0 Å². The van der Waals surface area contributed by atoms with E-state index in [1.54, 1.807) is 0 Å². The number of hydrogen-bond acceptors (Lipinski definition) is 4. The summed E-state index contributed by atoms with van der Waals surface area (Å²) in [5.74, 6) is -0.610. The Morgan fingerprint density at radius 3 is 1.52 bits per heavy atom. The molecule has 4 nitrogen and oxygen atoms in total. The average Bonchev–Trinajstić information content (AvgIpc) is 2.91. The summed E-state index contributed by atoms with van der Waals surface area (Å²) in [6, 6.07) is 20.3. The predicted molar refractivity (Wildman–Crippen MR) is 96.0 cm³/mol. The summed E-state index contributed by atoms with van der Waals surface area (Å²) in [5, 5.41) is 0. The van der Waals surface area contributed by atoms with Crippen molar-refractivity contribution in [1.29, 1.82) is 0 Å². The summed E-state index contributed by atoms with van der Waals surface area (Å²) in [4.78, 5) is 0. The molecule has 1 unspecified atom stereocenters. The van der Waals surface area contributed by atoms with Crippen LogP contribution in [0.1, 0.15) is 25.0 Å². The number of ether oxygens (including phenoxy) is 4. The maximum atomic E-state index is 5.97. The van der Waals surface area contributed by atoms with Crippen molar-refractivity contribution >= 4 is 0 Å². The van der Waals surface area contributed by atoms with Gasteiger partial charge in [0, 0.05) is 0 Å². The fraction of sp³-hybridized carbons (Fsp3) is 0.429. The van der Waals surface area contributed by atoms with Gasteiger partial charge >= 0.3 is 0 Å². The van der Waals surface area contributed by atoms with Crippen LogP contribution in [0, 0.1) is 0 Å². The molecule has 0 amide bonds. The van der Waals surface area contributed by atoms with Crippen molar-refractivity contribution in [1.82, 2.24) is 0 Å². The lowest BCUT2D eigenvalue weighted by Gasteiger charge is -2.17. The van der Waals surface area contributed by atoms with Gasteiger partial charge in [-0.2, -0.15) is 0 Å². The maximum absolute atomic E-state index is 5.97. The van der Waals surface area contributed by atoms with Crippen molar-refractivity contribution in [2.45, 2.75) is 45.1 Å². The Morgan fingerprint density at radius 2 is 1.12 bits per heavy atom. The molecule has 0 aromatic heterocycles. The van der Waals surface area contributed by atoms with E-state index in [1.807, 2.05) is 50.2 Å². The van der Waals surface area contributed by atoms with Gasteiger partial charge in [-0.05, 0) is 25.0 Å². The Morgan fingerprint density at radius 1 is 0.720 bits per heavy atom. The third-order valence-electron chi connectivity index (χ3n) is 4.07. The summed E-state index contributed by atoms with van der Waals surface area (Å²) in [6.07, 6.45) is -0.260. The largest absolute Gasteiger partial charge is 0.374 e. The fourth-order valence-electron chi connectivity index (χ4n) is 2.93. The molecule has 2 atom stereocenters. The van der Waals surface area contributed by atoms with E-state index in [0.29, 0.717) is 26.4 Å². The minimum Gasteiger partial charge on any atom is -0.374 e. The van der Waals surface area contributed by atoms with E-state index in [1.165, 1.54) is 0 Å². The van der Waals surface area contributed by atoms with Crippen molar-refractivity contribution in [3.63, 3.8) is 0 Å². The maximum Gasteiger partial charge on any atom is 0.163 e. The lowest BCUT2D eigenvalue weighted by Crippen LogP contribution is -2.31. The highest BCUT2D eigenvalue weighted by Gasteiger charge is 2.41. The van der Waals surface area contributed by atoms with E-state index in [0.717, 1.165) is 11.1 Å². The Bertz CT molecular complexity index is 571. The molecule has 25 heavy (non-hydrogen) atoms. The van der Waals surface area contributed by atoms with Gasteiger partial charge in [-0.1, -0.05) is 60.7 Å². The molecule has 0 aliphatic carbocycles. The predicted octanol–water partition coefficient (Wildman–Crippen LogP) is 3.94. The third kappa shape index (κ3) is 5.65. The van der Waals surface area contributed by atoms with Crippen LogP contribution in [0.15, 0.2) is 60.7 Å². The molecule has 134 valence electrons. The number of rotatable bonds is 8. The van der Waals surface area contributed by atoms with Gasteiger partial charge in [-0.15, -0.1) is 0 Å². The van der Waals surface area contributed by atoms with E-state index < -0.39 is 5.79 Å². The van der Waals surface area contributed by atoms with Gasteiger partial charge in [0.25, 0.3) is 0 Å². The molecule has 1 heterocycles. The zero-order valence-electron chi connectivity index (χ0n) is 14.9. The Hall–Kier alpha value is -1.72. The molecule has 2 aromatic rings. The van der Waals surface area contributed by atoms with Gasteiger partial charge < -0.3 is 18.9 Å². The molecule has 1 aliphatic heterocycles. The van der Waals surface area contributed by atoms with Crippen molar-refractivity contribution in [3.8, 4) is 0 Å². The van der Waals surface area contributed by atoms with Crippen molar-refractivity contribution in [2.75, 3.05) is 13.2 Å². The molecule has 4 heteroatoms. The molecule has 1 saturated heterocycles. The van der Waals surface area contributed by atoms with E-state index >= 15 is 0 Å². The monoisotopic (exact) mass is 342 g/mol. The molecule has 0 spiro atoms. The molecule has 2 aromatic carbocycles. The van der Waals surface area contributed by atoms with Crippen LogP contribution in [0.5, 0.6) is 0 Å². The Kier molecular flexibility index (Phi) is 6.21. The van der Waals surface area contributed by atoms with Gasteiger partial charge in [0.05, 0.1) is 26.4 Å². The van der Waals surface area contributed by atoms with Crippen LogP contribution in [-0.4, -0.2) is 31.2 Å². The first-order valence-corrected chi connectivity index (χ1v) is 8.71. The highest BCUT2D eigenvalue weighted by molar-refractivity contribution is 5.14. The van der Waals surface area contributed by atoms with Gasteiger partial charge in [-0.25, -0.2) is 0 Å². The number of benzene rings is 2. The average molecular weight is 342 g/mol. The molecule has 1 fully saturated rings. The second-order valence-corrected chi connectivity index (χ2v) is 6.71. The summed E-state index contributed by atoms with van der Waals surface area (Å²) in [6.45, 7) is 5.95. The first kappa shape index (κ1) is 18.1. The van der Waals surface area contributed by atoms with E-state index in [-0.39, 0.29) is 12.2 Å². The van der Waals surface area contributed by atoms with Crippen LogP contribution in [0.25, 0.3) is 0 Å². The highest BCUT2D eigenvalue weighted by atomic mass is 16.8. The standard InChI is InChI=1S/C21H26O4/c1-21(2)24-19(15-22-13-17-9-5-3-6-10-17)20(25-21)16-23-14-18-11-7-4-8-12-18/h3-12,19-20H,13-16H2,1-2H3/t19-,20?/m1/s1. The topological polar surface area (TPSA) is 36.9 Å². The molecule has 0 saturated carbocycles. The van der Waals surface area contributed by atoms with Gasteiger partial charge in [0.1, 0.15) is 12.2 Å². The summed E-state index contributed by atoms with van der Waals surface area (Å²) >= 11 is 0. The third-order valence-corrected chi connectivity index (χ3v) is 4.07.